The summed E-state index contributed by atoms with van der Waals surface area (Å²) < 4.78 is 27.4. The molecule has 0 radical (unpaired) electrons. The largest absolute Gasteiger partial charge is 0.371 e. The molecule has 0 bridgehead atoms. The fourth-order valence-electron chi connectivity index (χ4n) is 3.19. The van der Waals surface area contributed by atoms with Gasteiger partial charge in [0.1, 0.15) is 0 Å². The predicted octanol–water partition coefficient (Wildman–Crippen LogP) is 2.94. The molecular weight excluding hydrogens is 320 g/mol. The van der Waals surface area contributed by atoms with Gasteiger partial charge in [-0.2, -0.15) is 0 Å². The Kier molecular flexibility index (Phi) is 5.21. The average Bonchev–Trinajstić information content (AvgIpc) is 3.03. The SMILES string of the molecule is Cc1cccc(CS(=O)(=O)NCC2CCN(c3ccccc3)C2)c1. The van der Waals surface area contributed by atoms with Crippen LogP contribution in [0.3, 0.4) is 0 Å². The number of sulfonamides is 1. The van der Waals surface area contributed by atoms with Crippen molar-refractivity contribution in [3.05, 3.63) is 65.7 Å². The van der Waals surface area contributed by atoms with Gasteiger partial charge in [0, 0.05) is 25.3 Å². The van der Waals surface area contributed by atoms with Crippen LogP contribution in [0.5, 0.6) is 0 Å². The van der Waals surface area contributed by atoms with Gasteiger partial charge in [-0.25, -0.2) is 13.1 Å². The van der Waals surface area contributed by atoms with Crippen molar-refractivity contribution in [2.24, 2.45) is 5.92 Å². The fourth-order valence-corrected chi connectivity index (χ4v) is 4.40. The van der Waals surface area contributed by atoms with Crippen LogP contribution in [-0.4, -0.2) is 28.1 Å². The lowest BCUT2D eigenvalue weighted by Crippen LogP contribution is -2.31. The van der Waals surface area contributed by atoms with Gasteiger partial charge in [0.25, 0.3) is 0 Å². The Hall–Kier alpha value is -1.85. The molecular formula is C19H24N2O2S. The molecule has 0 amide bonds. The highest BCUT2D eigenvalue weighted by Gasteiger charge is 2.24. The van der Waals surface area contributed by atoms with Crippen molar-refractivity contribution < 1.29 is 8.42 Å². The number of rotatable bonds is 6. The summed E-state index contributed by atoms with van der Waals surface area (Å²) >= 11 is 0. The Morgan fingerprint density at radius 2 is 1.92 bits per heavy atom. The molecule has 1 fully saturated rings. The van der Waals surface area contributed by atoms with E-state index in [0.29, 0.717) is 12.5 Å². The van der Waals surface area contributed by atoms with Crippen molar-refractivity contribution in [2.75, 3.05) is 24.5 Å². The lowest BCUT2D eigenvalue weighted by molar-refractivity contribution is 0.541. The molecule has 1 heterocycles. The van der Waals surface area contributed by atoms with E-state index in [0.717, 1.165) is 30.6 Å². The van der Waals surface area contributed by atoms with Gasteiger partial charge in [-0.3, -0.25) is 0 Å². The number of anilines is 1. The molecule has 2 aromatic rings. The molecule has 1 atom stereocenters. The third-order valence-electron chi connectivity index (χ3n) is 4.44. The standard InChI is InChI=1S/C19H24N2O2S/c1-16-6-5-7-17(12-16)15-24(22,23)20-13-18-10-11-21(14-18)19-8-3-2-4-9-19/h2-9,12,18,20H,10-11,13-15H2,1H3. The normalized spacial score (nSPS) is 18.0. The highest BCUT2D eigenvalue weighted by molar-refractivity contribution is 7.88. The van der Waals surface area contributed by atoms with Gasteiger partial charge in [-0.15, -0.1) is 0 Å². The molecule has 1 aliphatic rings. The summed E-state index contributed by atoms with van der Waals surface area (Å²) in [4.78, 5) is 2.32. The zero-order chi connectivity index (χ0) is 17.0. The van der Waals surface area contributed by atoms with Crippen LogP contribution < -0.4 is 9.62 Å². The van der Waals surface area contributed by atoms with Crippen molar-refractivity contribution in [1.29, 1.82) is 0 Å². The molecule has 0 aliphatic carbocycles. The lowest BCUT2D eigenvalue weighted by Gasteiger charge is -2.18. The second-order valence-corrected chi connectivity index (χ2v) is 8.34. The first-order chi connectivity index (χ1) is 11.5. The quantitative estimate of drug-likeness (QED) is 0.876. The average molecular weight is 344 g/mol. The topological polar surface area (TPSA) is 49.4 Å². The summed E-state index contributed by atoms with van der Waals surface area (Å²) in [5, 5.41) is 0. The molecule has 24 heavy (non-hydrogen) atoms. The smallest absolute Gasteiger partial charge is 0.215 e. The van der Waals surface area contributed by atoms with E-state index in [1.54, 1.807) is 0 Å². The minimum atomic E-state index is -3.29. The summed E-state index contributed by atoms with van der Waals surface area (Å²) in [7, 11) is -3.29. The van der Waals surface area contributed by atoms with Crippen LogP contribution in [0.2, 0.25) is 0 Å². The van der Waals surface area contributed by atoms with Crippen LogP contribution in [0.4, 0.5) is 5.69 Å². The van der Waals surface area contributed by atoms with Crippen LogP contribution in [0, 0.1) is 12.8 Å². The minimum Gasteiger partial charge on any atom is -0.371 e. The van der Waals surface area contributed by atoms with Gasteiger partial charge in [-0.1, -0.05) is 48.0 Å². The van der Waals surface area contributed by atoms with E-state index in [1.807, 2.05) is 49.4 Å². The first-order valence-electron chi connectivity index (χ1n) is 8.35. The summed E-state index contributed by atoms with van der Waals surface area (Å²) in [6, 6.07) is 17.9. The van der Waals surface area contributed by atoms with Crippen molar-refractivity contribution in [3.63, 3.8) is 0 Å². The molecule has 128 valence electrons. The Bertz CT molecular complexity index is 775. The van der Waals surface area contributed by atoms with Crippen LogP contribution >= 0.6 is 0 Å². The summed E-state index contributed by atoms with van der Waals surface area (Å²) in [6.07, 6.45) is 1.02. The fraction of sp³-hybridized carbons (Fsp3) is 0.368. The van der Waals surface area contributed by atoms with Crippen molar-refractivity contribution >= 4 is 15.7 Å². The van der Waals surface area contributed by atoms with E-state index in [1.165, 1.54) is 5.69 Å². The zero-order valence-electron chi connectivity index (χ0n) is 14.0. The Labute approximate surface area is 144 Å². The van der Waals surface area contributed by atoms with Gasteiger partial charge in [-0.05, 0) is 37.0 Å². The summed E-state index contributed by atoms with van der Waals surface area (Å²) in [5.74, 6) is 0.404. The van der Waals surface area contributed by atoms with E-state index in [9.17, 15) is 8.42 Å². The van der Waals surface area contributed by atoms with E-state index in [-0.39, 0.29) is 5.75 Å². The number of nitrogens with zero attached hydrogens (tertiary/aromatic N) is 1. The molecule has 1 unspecified atom stereocenters. The minimum absolute atomic E-state index is 0.0454. The van der Waals surface area contributed by atoms with Crippen LogP contribution in [0.25, 0.3) is 0 Å². The third-order valence-corrected chi connectivity index (χ3v) is 5.76. The number of nitrogens with one attached hydrogen (secondary N) is 1. The van der Waals surface area contributed by atoms with E-state index in [2.05, 4.69) is 21.8 Å². The molecule has 5 heteroatoms. The summed E-state index contributed by atoms with van der Waals surface area (Å²) in [5.41, 5.74) is 3.12. The Morgan fingerprint density at radius 1 is 1.12 bits per heavy atom. The molecule has 4 nitrogen and oxygen atoms in total. The molecule has 1 N–H and O–H groups in total. The Morgan fingerprint density at radius 3 is 2.67 bits per heavy atom. The molecule has 3 rings (SSSR count). The predicted molar refractivity (Wildman–Crippen MR) is 98.6 cm³/mol. The van der Waals surface area contributed by atoms with E-state index < -0.39 is 10.0 Å². The number of benzene rings is 2. The van der Waals surface area contributed by atoms with Crippen molar-refractivity contribution in [2.45, 2.75) is 19.1 Å². The monoisotopic (exact) mass is 344 g/mol. The molecule has 0 saturated carbocycles. The molecule has 1 aliphatic heterocycles. The highest BCUT2D eigenvalue weighted by Crippen LogP contribution is 2.23. The second-order valence-electron chi connectivity index (χ2n) is 6.53. The summed E-state index contributed by atoms with van der Waals surface area (Å²) in [6.45, 7) is 4.36. The molecule has 0 spiro atoms. The first kappa shape index (κ1) is 17.0. The lowest BCUT2D eigenvalue weighted by atomic mass is 10.1. The van der Waals surface area contributed by atoms with Crippen molar-refractivity contribution in [3.8, 4) is 0 Å². The second kappa shape index (κ2) is 7.36. The molecule has 1 saturated heterocycles. The molecule has 0 aromatic heterocycles. The zero-order valence-corrected chi connectivity index (χ0v) is 14.8. The highest BCUT2D eigenvalue weighted by atomic mass is 32.2. The van der Waals surface area contributed by atoms with Gasteiger partial charge < -0.3 is 4.90 Å². The number of aryl methyl sites for hydroxylation is 1. The Balaban J connectivity index is 1.52. The van der Waals surface area contributed by atoms with Crippen LogP contribution in [0.1, 0.15) is 17.5 Å². The number of hydrogen-bond donors (Lipinski definition) is 1. The van der Waals surface area contributed by atoms with Crippen LogP contribution in [-0.2, 0) is 15.8 Å². The van der Waals surface area contributed by atoms with Crippen LogP contribution in [0.15, 0.2) is 54.6 Å². The van der Waals surface area contributed by atoms with Crippen molar-refractivity contribution in [1.82, 2.24) is 4.72 Å². The third kappa shape index (κ3) is 4.58. The van der Waals surface area contributed by atoms with Gasteiger partial charge in [0.15, 0.2) is 0 Å². The van der Waals surface area contributed by atoms with Gasteiger partial charge >= 0.3 is 0 Å². The van der Waals surface area contributed by atoms with Gasteiger partial charge in [0.05, 0.1) is 5.75 Å². The molecule has 2 aromatic carbocycles. The maximum atomic E-state index is 12.3. The number of hydrogen-bond acceptors (Lipinski definition) is 3. The first-order valence-corrected chi connectivity index (χ1v) is 10.00. The maximum absolute atomic E-state index is 12.3. The number of para-hydroxylation sites is 1. The maximum Gasteiger partial charge on any atom is 0.215 e. The van der Waals surface area contributed by atoms with E-state index in [4.69, 9.17) is 0 Å². The van der Waals surface area contributed by atoms with E-state index >= 15 is 0 Å². The van der Waals surface area contributed by atoms with Gasteiger partial charge in [0.2, 0.25) is 10.0 Å².